The van der Waals surface area contributed by atoms with Crippen LogP contribution in [0.2, 0.25) is 0 Å². The number of carbonyl (C=O) groups is 1. The van der Waals surface area contributed by atoms with Gasteiger partial charge in [0.2, 0.25) is 5.91 Å². The molecule has 1 spiro atoms. The van der Waals surface area contributed by atoms with Crippen LogP contribution in [0.25, 0.3) is 10.9 Å². The first kappa shape index (κ1) is 19.9. The maximum absolute atomic E-state index is 12.7. The van der Waals surface area contributed by atoms with Crippen LogP contribution in [0.5, 0.6) is 0 Å². The fourth-order valence-electron chi connectivity index (χ4n) is 4.91. The summed E-state index contributed by atoms with van der Waals surface area (Å²) in [6.45, 7) is 6.92. The molecular formula is C21H22KN2O2-. The Hall–Kier alpha value is -0.854. The first-order valence-corrected chi connectivity index (χ1v) is 8.51. The predicted molar refractivity (Wildman–Crippen MR) is 97.4 cm³/mol. The monoisotopic (exact) mass is 373 g/mol. The minimum atomic E-state index is -0.309. The molecular weight excluding hydrogens is 351 g/mol. The fraction of sp³-hybridized carbons (Fsp3) is 0.333. The van der Waals surface area contributed by atoms with Gasteiger partial charge >= 0.3 is 51.4 Å². The molecule has 0 aliphatic carbocycles. The average Bonchev–Trinajstić information content (AvgIpc) is 3.10. The van der Waals surface area contributed by atoms with E-state index in [4.69, 9.17) is 11.3 Å². The molecule has 0 saturated carbocycles. The Labute approximate surface area is 197 Å². The largest absolute Gasteiger partial charge is 1.00 e. The number of ether oxygens (including phenoxy) is 1. The number of rotatable bonds is 1. The van der Waals surface area contributed by atoms with Crippen LogP contribution in [0.3, 0.4) is 0 Å². The van der Waals surface area contributed by atoms with Crippen molar-refractivity contribution in [2.24, 2.45) is 5.92 Å². The van der Waals surface area contributed by atoms with E-state index in [1.807, 2.05) is 6.08 Å². The quantitative estimate of drug-likeness (QED) is 0.585. The number of fused-ring (bicyclic) bond motifs is 3. The molecule has 0 radical (unpaired) electrons. The third-order valence-corrected chi connectivity index (χ3v) is 5.91. The van der Waals surface area contributed by atoms with E-state index in [1.165, 1.54) is 22.7 Å². The summed E-state index contributed by atoms with van der Waals surface area (Å²) in [5, 5.41) is 1.28. The van der Waals surface area contributed by atoms with Crippen LogP contribution in [0.1, 0.15) is 24.1 Å². The van der Waals surface area contributed by atoms with Crippen molar-refractivity contribution in [2.45, 2.75) is 24.8 Å². The molecule has 4 nitrogen and oxygen atoms in total. The molecule has 5 heteroatoms. The number of hydrogen-bond donors (Lipinski definition) is 1. The number of para-hydroxylation sites is 1. The molecule has 2 saturated heterocycles. The molecule has 2 aromatic rings. The molecule has 1 aromatic heterocycles. The Morgan fingerprint density at radius 3 is 2.96 bits per heavy atom. The van der Waals surface area contributed by atoms with Crippen LogP contribution in [0.4, 0.5) is 0 Å². The third kappa shape index (κ3) is 2.59. The summed E-state index contributed by atoms with van der Waals surface area (Å²) < 4.78 is 5.87. The summed E-state index contributed by atoms with van der Waals surface area (Å²) >= 11 is 0. The third-order valence-electron chi connectivity index (χ3n) is 5.91. The van der Waals surface area contributed by atoms with Gasteiger partial charge in [-0.1, -0.05) is 18.2 Å². The summed E-state index contributed by atoms with van der Waals surface area (Å²) in [4.78, 5) is 18.4. The molecule has 26 heavy (non-hydrogen) atoms. The summed E-state index contributed by atoms with van der Waals surface area (Å²) in [5.74, 6) is 1.29. The van der Waals surface area contributed by atoms with E-state index in [-0.39, 0.29) is 76.2 Å². The van der Waals surface area contributed by atoms with Crippen molar-refractivity contribution >= 4 is 16.8 Å². The van der Waals surface area contributed by atoms with Crippen molar-refractivity contribution in [3.8, 4) is 0 Å². The van der Waals surface area contributed by atoms with Crippen LogP contribution >= 0.6 is 0 Å². The van der Waals surface area contributed by atoms with E-state index < -0.39 is 0 Å². The molecule has 3 aliphatic heterocycles. The van der Waals surface area contributed by atoms with Gasteiger partial charge in [0.1, 0.15) is 0 Å². The Morgan fingerprint density at radius 1 is 1.35 bits per heavy atom. The maximum Gasteiger partial charge on any atom is 1.00 e. The molecule has 4 heterocycles. The van der Waals surface area contributed by atoms with Crippen molar-refractivity contribution in [1.29, 1.82) is 0 Å². The van der Waals surface area contributed by atoms with Crippen molar-refractivity contribution in [1.82, 2.24) is 9.88 Å². The molecule has 1 aromatic carbocycles. The number of aromatic amines is 1. The number of H-pyrrole nitrogens is 1. The van der Waals surface area contributed by atoms with E-state index in [9.17, 15) is 4.79 Å². The van der Waals surface area contributed by atoms with Gasteiger partial charge in [-0.15, -0.1) is 0 Å². The number of amides is 1. The zero-order chi connectivity index (χ0) is 16.3. The summed E-state index contributed by atoms with van der Waals surface area (Å²) in [7, 11) is 0. The molecule has 1 amide bonds. The summed E-state index contributed by atoms with van der Waals surface area (Å²) in [6, 6.07) is 8.42. The maximum atomic E-state index is 12.7. The van der Waals surface area contributed by atoms with E-state index >= 15 is 0 Å². The Kier molecular flexibility index (Phi) is 5.57. The smallest absolute Gasteiger partial charge is 0.516 e. The number of aromatic nitrogens is 1. The predicted octanol–water partition coefficient (Wildman–Crippen LogP) is 0.515. The second kappa shape index (κ2) is 7.28. The van der Waals surface area contributed by atoms with Crippen molar-refractivity contribution in [3.63, 3.8) is 0 Å². The minimum Gasteiger partial charge on any atom is -0.516 e. The summed E-state index contributed by atoms with van der Waals surface area (Å²) in [6.07, 6.45) is 5.50. The SMILES string of the molecule is [CH-]=C/C=C1\CC23c4[nH]c5ccccc5c4CCN2C(=O)CC3CO1.[CH3-].[K+]. The van der Waals surface area contributed by atoms with Crippen LogP contribution in [0, 0.1) is 19.9 Å². The van der Waals surface area contributed by atoms with E-state index in [0.29, 0.717) is 19.4 Å². The molecule has 3 aliphatic rings. The number of nitrogens with zero attached hydrogens (tertiary/aromatic N) is 1. The number of allylic oxidation sites excluding steroid dienone is 2. The van der Waals surface area contributed by atoms with Crippen molar-refractivity contribution in [3.05, 3.63) is 67.4 Å². The average molecular weight is 374 g/mol. The van der Waals surface area contributed by atoms with Gasteiger partial charge in [0.05, 0.1) is 12.1 Å². The minimum absolute atomic E-state index is 0. The number of benzene rings is 1. The van der Waals surface area contributed by atoms with Crippen molar-refractivity contribution < 1.29 is 60.9 Å². The molecule has 2 atom stereocenters. The standard InChI is InChI=1S/C20H19N2O2.CH3.K/c1-2-5-14-11-20-13(12-24-14)10-18(23)22(20)9-8-16-15-6-3-4-7-17(15)21-19(16)20;;/h1-7,13,21H,8-12H2;1H3;/q2*-1;+1/b14-5+;;. The van der Waals surface area contributed by atoms with Gasteiger partial charge in [-0.05, 0) is 18.1 Å². The van der Waals surface area contributed by atoms with Crippen LogP contribution in [-0.4, -0.2) is 28.9 Å². The molecule has 1 N–H and O–H groups in total. The van der Waals surface area contributed by atoms with Gasteiger partial charge in [-0.2, -0.15) is 6.08 Å². The van der Waals surface area contributed by atoms with Gasteiger partial charge in [0.25, 0.3) is 0 Å². The number of carbonyl (C=O) groups excluding carboxylic acids is 1. The number of nitrogens with one attached hydrogen (secondary N) is 1. The Balaban J connectivity index is 0.000000980. The van der Waals surface area contributed by atoms with Gasteiger partial charge in [0, 0.05) is 47.7 Å². The van der Waals surface area contributed by atoms with Gasteiger partial charge < -0.3 is 22.0 Å². The first-order chi connectivity index (χ1) is 11.7. The van der Waals surface area contributed by atoms with Crippen LogP contribution < -0.4 is 51.4 Å². The Bertz CT molecular complexity index is 901. The fourth-order valence-corrected chi connectivity index (χ4v) is 4.91. The van der Waals surface area contributed by atoms with Gasteiger partial charge in [-0.25, -0.2) is 6.08 Å². The van der Waals surface area contributed by atoms with E-state index in [1.54, 1.807) is 0 Å². The van der Waals surface area contributed by atoms with Crippen LogP contribution in [-0.2, 0) is 21.5 Å². The summed E-state index contributed by atoms with van der Waals surface area (Å²) in [5.41, 5.74) is 3.41. The first-order valence-electron chi connectivity index (χ1n) is 8.51. The molecule has 0 bridgehead atoms. The zero-order valence-corrected chi connectivity index (χ0v) is 18.5. The number of hydrogen-bond acceptors (Lipinski definition) is 2. The van der Waals surface area contributed by atoms with Crippen LogP contribution in [0.15, 0.2) is 42.2 Å². The normalized spacial score (nSPS) is 27.7. The Morgan fingerprint density at radius 2 is 2.15 bits per heavy atom. The second-order valence-electron chi connectivity index (χ2n) is 6.96. The molecule has 5 rings (SSSR count). The second-order valence-corrected chi connectivity index (χ2v) is 6.96. The zero-order valence-electron chi connectivity index (χ0n) is 15.4. The van der Waals surface area contributed by atoms with E-state index in [2.05, 4.69) is 34.1 Å². The molecule has 2 unspecified atom stereocenters. The van der Waals surface area contributed by atoms with E-state index in [0.717, 1.165) is 24.2 Å². The van der Waals surface area contributed by atoms with Gasteiger partial charge in [-0.3, -0.25) is 11.4 Å². The molecule has 2 fully saturated rings. The van der Waals surface area contributed by atoms with Crippen molar-refractivity contribution in [2.75, 3.05) is 13.2 Å². The molecule has 130 valence electrons. The van der Waals surface area contributed by atoms with Gasteiger partial charge in [0.15, 0.2) is 0 Å². The topological polar surface area (TPSA) is 45.3 Å².